The first-order valence-electron chi connectivity index (χ1n) is 9.87. The summed E-state index contributed by atoms with van der Waals surface area (Å²) in [7, 11) is 0. The van der Waals surface area contributed by atoms with Crippen LogP contribution in [0.15, 0.2) is 24.3 Å². The molecule has 5 nitrogen and oxygen atoms in total. The summed E-state index contributed by atoms with van der Waals surface area (Å²) in [5.74, 6) is -0.680. The number of carbonyl (C=O) groups is 3. The molecule has 0 unspecified atom stereocenters. The lowest BCUT2D eigenvalue weighted by Gasteiger charge is -2.34. The fraction of sp³-hybridized carbons (Fsp3) is 0.571. The van der Waals surface area contributed by atoms with Gasteiger partial charge in [-0.05, 0) is 44.2 Å². The molecule has 0 aromatic heterocycles. The van der Waals surface area contributed by atoms with Crippen LogP contribution in [0.5, 0.6) is 0 Å². The van der Waals surface area contributed by atoms with Crippen molar-refractivity contribution in [1.29, 1.82) is 0 Å². The third-order valence-electron chi connectivity index (χ3n) is 5.49. The van der Waals surface area contributed by atoms with Crippen LogP contribution in [0.25, 0.3) is 0 Å². The van der Waals surface area contributed by atoms with E-state index in [1.165, 1.54) is 4.90 Å². The number of piperidine rings is 1. The van der Waals surface area contributed by atoms with Crippen molar-refractivity contribution < 1.29 is 14.4 Å². The van der Waals surface area contributed by atoms with E-state index in [1.54, 1.807) is 29.2 Å². The fourth-order valence-electron chi connectivity index (χ4n) is 4.20. The second-order valence-corrected chi connectivity index (χ2v) is 7.31. The van der Waals surface area contributed by atoms with Crippen LogP contribution in [0.4, 0.5) is 5.69 Å². The molecule has 5 heteroatoms. The van der Waals surface area contributed by atoms with E-state index in [0.29, 0.717) is 24.2 Å². The molecular formula is C21H28N2O3. The first-order chi connectivity index (χ1) is 12.6. The Hall–Kier alpha value is -2.17. The molecule has 2 heterocycles. The maximum absolute atomic E-state index is 13.4. The fourth-order valence-corrected chi connectivity index (χ4v) is 4.20. The molecule has 3 rings (SSSR count). The lowest BCUT2D eigenvalue weighted by molar-refractivity contribution is -0.131. The van der Waals surface area contributed by atoms with E-state index in [1.807, 2.05) is 0 Å². The van der Waals surface area contributed by atoms with Crippen molar-refractivity contribution in [2.45, 2.75) is 64.8 Å². The summed E-state index contributed by atoms with van der Waals surface area (Å²) in [6, 6.07) is 6.53. The van der Waals surface area contributed by atoms with Gasteiger partial charge in [0, 0.05) is 12.5 Å². The molecule has 1 aromatic carbocycles. The standard InChI is InChI=1S/C21H28N2O3/c1-3-9-15(10-4-2)19(24)23-17-12-6-5-11-16(17)20(25)22-14-8-7-13-18(22)21(23)26/h5-6,11-12,15,18H,3-4,7-10,13-14H2,1-2H3/t18-/m1/s1. The summed E-state index contributed by atoms with van der Waals surface area (Å²) in [6.07, 6.45) is 5.77. The van der Waals surface area contributed by atoms with Crippen molar-refractivity contribution in [2.24, 2.45) is 5.92 Å². The molecule has 1 aromatic rings. The summed E-state index contributed by atoms with van der Waals surface area (Å²) >= 11 is 0. The van der Waals surface area contributed by atoms with Crippen LogP contribution in [-0.4, -0.2) is 35.2 Å². The minimum absolute atomic E-state index is 0.128. The zero-order valence-electron chi connectivity index (χ0n) is 15.7. The minimum atomic E-state index is -0.517. The van der Waals surface area contributed by atoms with Crippen LogP contribution >= 0.6 is 0 Å². The SMILES string of the molecule is CCCC(CCC)C(=O)N1C(=O)[C@H]2CCCCN2C(=O)c2ccccc21. The highest BCUT2D eigenvalue weighted by atomic mass is 16.2. The van der Waals surface area contributed by atoms with Gasteiger partial charge in [0.1, 0.15) is 6.04 Å². The lowest BCUT2D eigenvalue weighted by atomic mass is 9.95. The Morgan fingerprint density at radius 3 is 2.50 bits per heavy atom. The van der Waals surface area contributed by atoms with Crippen LogP contribution in [0.1, 0.15) is 69.2 Å². The van der Waals surface area contributed by atoms with Crippen molar-refractivity contribution >= 4 is 23.4 Å². The summed E-state index contributed by atoms with van der Waals surface area (Å²) < 4.78 is 0. The van der Waals surface area contributed by atoms with Gasteiger partial charge in [-0.2, -0.15) is 0 Å². The van der Waals surface area contributed by atoms with Crippen LogP contribution < -0.4 is 4.90 Å². The van der Waals surface area contributed by atoms with Gasteiger partial charge >= 0.3 is 0 Å². The predicted molar refractivity (Wildman–Crippen MR) is 101 cm³/mol. The number of anilines is 1. The molecule has 3 amide bonds. The third-order valence-corrected chi connectivity index (χ3v) is 5.49. The highest BCUT2D eigenvalue weighted by Gasteiger charge is 2.43. The minimum Gasteiger partial charge on any atom is -0.327 e. The van der Waals surface area contributed by atoms with Gasteiger partial charge in [-0.3, -0.25) is 14.4 Å². The zero-order chi connectivity index (χ0) is 18.7. The normalized spacial score (nSPS) is 20.0. The van der Waals surface area contributed by atoms with Crippen molar-refractivity contribution in [2.75, 3.05) is 11.4 Å². The van der Waals surface area contributed by atoms with Gasteiger partial charge in [-0.1, -0.05) is 38.8 Å². The number of hydrogen-bond donors (Lipinski definition) is 0. The summed E-state index contributed by atoms with van der Waals surface area (Å²) in [6.45, 7) is 4.69. The van der Waals surface area contributed by atoms with Crippen molar-refractivity contribution in [1.82, 2.24) is 4.90 Å². The van der Waals surface area contributed by atoms with E-state index in [2.05, 4.69) is 13.8 Å². The second kappa shape index (κ2) is 8.02. The molecule has 0 N–H and O–H groups in total. The van der Waals surface area contributed by atoms with Gasteiger partial charge in [0.2, 0.25) is 5.91 Å². The van der Waals surface area contributed by atoms with Crippen molar-refractivity contribution in [3.63, 3.8) is 0 Å². The van der Waals surface area contributed by atoms with Crippen LogP contribution in [-0.2, 0) is 9.59 Å². The molecule has 26 heavy (non-hydrogen) atoms. The monoisotopic (exact) mass is 356 g/mol. The Morgan fingerprint density at radius 2 is 1.81 bits per heavy atom. The highest BCUT2D eigenvalue weighted by Crippen LogP contribution is 2.33. The van der Waals surface area contributed by atoms with E-state index in [9.17, 15) is 14.4 Å². The molecule has 1 saturated heterocycles. The largest absolute Gasteiger partial charge is 0.327 e. The summed E-state index contributed by atoms with van der Waals surface area (Å²) in [5.41, 5.74) is 0.921. The van der Waals surface area contributed by atoms with Gasteiger partial charge in [-0.25, -0.2) is 4.90 Å². The van der Waals surface area contributed by atoms with Crippen LogP contribution in [0.2, 0.25) is 0 Å². The number of amides is 3. The van der Waals surface area contributed by atoms with Gasteiger partial charge < -0.3 is 4.90 Å². The Labute approximate surface area is 155 Å². The number of nitrogens with zero attached hydrogens (tertiary/aromatic N) is 2. The average Bonchev–Trinajstić information content (AvgIpc) is 2.76. The molecule has 0 saturated carbocycles. The van der Waals surface area contributed by atoms with E-state index in [4.69, 9.17) is 0 Å². The first-order valence-corrected chi connectivity index (χ1v) is 9.87. The summed E-state index contributed by atoms with van der Waals surface area (Å²) in [4.78, 5) is 42.8. The molecule has 0 aliphatic carbocycles. The quantitative estimate of drug-likeness (QED) is 0.807. The van der Waals surface area contributed by atoms with Crippen LogP contribution in [0, 0.1) is 5.92 Å². The number of imide groups is 1. The molecule has 0 bridgehead atoms. The topological polar surface area (TPSA) is 57.7 Å². The smallest absolute Gasteiger partial charge is 0.256 e. The highest BCUT2D eigenvalue weighted by molar-refractivity contribution is 6.22. The second-order valence-electron chi connectivity index (χ2n) is 7.31. The number of fused-ring (bicyclic) bond motifs is 2. The molecule has 1 atom stereocenters. The molecule has 1 fully saturated rings. The van der Waals surface area contributed by atoms with Crippen LogP contribution in [0.3, 0.4) is 0 Å². The van der Waals surface area contributed by atoms with E-state index >= 15 is 0 Å². The van der Waals surface area contributed by atoms with Gasteiger partial charge in [-0.15, -0.1) is 0 Å². The number of hydrogen-bond acceptors (Lipinski definition) is 3. The Kier molecular flexibility index (Phi) is 5.74. The van der Waals surface area contributed by atoms with Gasteiger partial charge in [0.25, 0.3) is 11.8 Å². The van der Waals surface area contributed by atoms with Crippen molar-refractivity contribution in [3.8, 4) is 0 Å². The maximum atomic E-state index is 13.4. The lowest BCUT2D eigenvalue weighted by Crippen LogP contribution is -2.53. The van der Waals surface area contributed by atoms with Gasteiger partial charge in [0.05, 0.1) is 11.3 Å². The van der Waals surface area contributed by atoms with Gasteiger partial charge in [0.15, 0.2) is 0 Å². The Morgan fingerprint density at radius 1 is 1.12 bits per heavy atom. The van der Waals surface area contributed by atoms with E-state index in [-0.39, 0.29) is 23.6 Å². The molecular weight excluding hydrogens is 328 g/mol. The first kappa shape index (κ1) is 18.6. The number of rotatable bonds is 5. The zero-order valence-corrected chi connectivity index (χ0v) is 15.7. The Bertz CT molecular complexity index is 694. The van der Waals surface area contributed by atoms with E-state index < -0.39 is 6.04 Å². The maximum Gasteiger partial charge on any atom is 0.256 e. The molecule has 0 radical (unpaired) electrons. The predicted octanol–water partition coefficient (Wildman–Crippen LogP) is 3.77. The molecule has 0 spiro atoms. The van der Waals surface area contributed by atoms with E-state index in [0.717, 1.165) is 38.5 Å². The molecule has 2 aliphatic rings. The van der Waals surface area contributed by atoms with Crippen molar-refractivity contribution in [3.05, 3.63) is 29.8 Å². The number of para-hydroxylation sites is 1. The number of carbonyl (C=O) groups excluding carboxylic acids is 3. The summed E-state index contributed by atoms with van der Waals surface area (Å²) in [5, 5.41) is 0. The Balaban J connectivity index is 2.07. The third kappa shape index (κ3) is 3.27. The molecule has 140 valence electrons. The molecule has 2 aliphatic heterocycles. The average molecular weight is 356 g/mol. The number of benzene rings is 1.